The van der Waals surface area contributed by atoms with Crippen molar-refractivity contribution in [3.63, 3.8) is 0 Å². The Morgan fingerprint density at radius 1 is 0.328 bits per heavy atom. The summed E-state index contributed by atoms with van der Waals surface area (Å²) in [6.45, 7) is 6.65. The van der Waals surface area contributed by atoms with Crippen molar-refractivity contribution in [1.82, 2.24) is 0 Å². The molecule has 0 radical (unpaired) electrons. The normalized spacial score (nSPS) is 12.0. The van der Waals surface area contributed by atoms with Crippen molar-refractivity contribution in [2.45, 2.75) is 290 Å². The Hall–Kier alpha value is -1.85. The van der Waals surface area contributed by atoms with E-state index in [9.17, 15) is 14.4 Å². The molecule has 0 aromatic heterocycles. The van der Waals surface area contributed by atoms with Crippen molar-refractivity contribution in [1.29, 1.82) is 0 Å². The fraction of sp³-hybridized carbons (Fsp3) is 0.904. The fourth-order valence-electron chi connectivity index (χ4n) is 7.61. The predicted octanol–water partition coefficient (Wildman–Crippen LogP) is 16.6. The lowest BCUT2D eigenvalue weighted by molar-refractivity contribution is -0.167. The van der Waals surface area contributed by atoms with Crippen LogP contribution in [-0.2, 0) is 28.6 Å². The summed E-state index contributed by atoms with van der Waals surface area (Å²) in [6, 6.07) is 0. The number of esters is 3. The maximum absolute atomic E-state index is 12.8. The van der Waals surface area contributed by atoms with Gasteiger partial charge >= 0.3 is 17.9 Å². The van der Waals surface area contributed by atoms with Gasteiger partial charge in [0.25, 0.3) is 0 Å². The first-order chi connectivity index (χ1) is 28.5. The van der Waals surface area contributed by atoms with Gasteiger partial charge in [0.05, 0.1) is 0 Å². The zero-order valence-corrected chi connectivity index (χ0v) is 39.1. The van der Waals surface area contributed by atoms with Crippen LogP contribution >= 0.6 is 0 Å². The molecule has 0 aliphatic rings. The quantitative estimate of drug-likeness (QED) is 0.0263. The monoisotopic (exact) mass is 819 g/mol. The third-order valence-corrected chi connectivity index (χ3v) is 11.5. The molecule has 342 valence electrons. The van der Waals surface area contributed by atoms with E-state index in [-0.39, 0.29) is 31.1 Å². The Bertz CT molecular complexity index is 900. The van der Waals surface area contributed by atoms with E-state index in [1.165, 1.54) is 186 Å². The zero-order valence-electron chi connectivity index (χ0n) is 39.1. The summed E-state index contributed by atoms with van der Waals surface area (Å²) in [4.78, 5) is 37.9. The van der Waals surface area contributed by atoms with Crippen molar-refractivity contribution in [2.75, 3.05) is 13.2 Å². The minimum Gasteiger partial charge on any atom is -0.462 e. The van der Waals surface area contributed by atoms with Gasteiger partial charge in [0.2, 0.25) is 0 Å². The van der Waals surface area contributed by atoms with Crippen molar-refractivity contribution in [3.8, 4) is 0 Å². The van der Waals surface area contributed by atoms with Gasteiger partial charge in [-0.15, -0.1) is 0 Å². The Balaban J connectivity index is 4.29. The average Bonchev–Trinajstić information content (AvgIpc) is 3.22. The molecule has 6 nitrogen and oxygen atoms in total. The van der Waals surface area contributed by atoms with E-state index in [0.717, 1.165) is 57.8 Å². The maximum Gasteiger partial charge on any atom is 0.306 e. The van der Waals surface area contributed by atoms with Gasteiger partial charge in [-0.1, -0.05) is 232 Å². The summed E-state index contributed by atoms with van der Waals surface area (Å²) in [7, 11) is 0. The molecule has 1 unspecified atom stereocenters. The van der Waals surface area contributed by atoms with Gasteiger partial charge in [0, 0.05) is 19.3 Å². The molecule has 0 saturated heterocycles. The first kappa shape index (κ1) is 56.1. The van der Waals surface area contributed by atoms with Gasteiger partial charge in [-0.25, -0.2) is 0 Å². The number of hydrogen-bond donors (Lipinski definition) is 0. The van der Waals surface area contributed by atoms with Crippen molar-refractivity contribution < 1.29 is 28.6 Å². The van der Waals surface area contributed by atoms with Gasteiger partial charge in [-0.05, 0) is 44.9 Å². The Labute approximate surface area is 360 Å². The van der Waals surface area contributed by atoms with Crippen LogP contribution < -0.4 is 0 Å². The third-order valence-electron chi connectivity index (χ3n) is 11.5. The Kier molecular flexibility index (Phi) is 46.3. The van der Waals surface area contributed by atoms with Crippen LogP contribution in [0.5, 0.6) is 0 Å². The number of allylic oxidation sites excluding steroid dienone is 2. The molecule has 0 aromatic carbocycles. The number of unbranched alkanes of at least 4 members (excludes halogenated alkanes) is 34. The lowest BCUT2D eigenvalue weighted by atomic mass is 10.0. The highest BCUT2D eigenvalue weighted by atomic mass is 16.6. The number of rotatable bonds is 47. The van der Waals surface area contributed by atoms with Crippen molar-refractivity contribution in [3.05, 3.63) is 12.2 Å². The van der Waals surface area contributed by atoms with Crippen LogP contribution in [0.2, 0.25) is 0 Å². The highest BCUT2D eigenvalue weighted by Crippen LogP contribution is 2.16. The lowest BCUT2D eigenvalue weighted by Crippen LogP contribution is -2.30. The molecule has 0 amide bonds. The smallest absolute Gasteiger partial charge is 0.306 e. The second kappa shape index (κ2) is 47.8. The van der Waals surface area contributed by atoms with Crippen LogP contribution in [0.15, 0.2) is 12.2 Å². The van der Waals surface area contributed by atoms with Crippen LogP contribution in [0.25, 0.3) is 0 Å². The number of hydrogen-bond acceptors (Lipinski definition) is 6. The largest absolute Gasteiger partial charge is 0.462 e. The van der Waals surface area contributed by atoms with Crippen LogP contribution in [0.3, 0.4) is 0 Å². The lowest BCUT2D eigenvalue weighted by Gasteiger charge is -2.18. The Morgan fingerprint density at radius 2 is 0.569 bits per heavy atom. The van der Waals surface area contributed by atoms with E-state index in [0.29, 0.717) is 19.3 Å². The predicted molar refractivity (Wildman–Crippen MR) is 247 cm³/mol. The maximum atomic E-state index is 12.8. The number of carbonyl (C=O) groups excluding carboxylic acids is 3. The first-order valence-corrected chi connectivity index (χ1v) is 25.7. The number of ether oxygens (including phenoxy) is 3. The van der Waals surface area contributed by atoms with E-state index in [4.69, 9.17) is 14.2 Å². The second-order valence-corrected chi connectivity index (χ2v) is 17.4. The molecular weight excluding hydrogens is 721 g/mol. The minimum atomic E-state index is -0.763. The topological polar surface area (TPSA) is 78.9 Å². The Morgan fingerprint density at radius 3 is 0.862 bits per heavy atom. The van der Waals surface area contributed by atoms with E-state index >= 15 is 0 Å². The van der Waals surface area contributed by atoms with Gasteiger partial charge in [0.1, 0.15) is 13.2 Å². The summed E-state index contributed by atoms with van der Waals surface area (Å²) < 4.78 is 16.8. The molecular formula is C52H98O6. The molecule has 0 bridgehead atoms. The summed E-state index contributed by atoms with van der Waals surface area (Å²) in [6.07, 6.45) is 51.9. The molecule has 0 aliphatic heterocycles. The highest BCUT2D eigenvalue weighted by Gasteiger charge is 2.19. The molecule has 58 heavy (non-hydrogen) atoms. The molecule has 1 atom stereocenters. The molecule has 0 fully saturated rings. The van der Waals surface area contributed by atoms with Gasteiger partial charge in [-0.3, -0.25) is 14.4 Å². The van der Waals surface area contributed by atoms with Crippen LogP contribution in [0.1, 0.15) is 284 Å². The molecule has 0 rings (SSSR count). The van der Waals surface area contributed by atoms with Gasteiger partial charge in [0.15, 0.2) is 6.10 Å². The molecule has 0 saturated carbocycles. The number of carbonyl (C=O) groups is 3. The van der Waals surface area contributed by atoms with E-state index in [2.05, 4.69) is 32.9 Å². The third kappa shape index (κ3) is 45.2. The molecule has 6 heteroatoms. The molecule has 0 spiro atoms. The first-order valence-electron chi connectivity index (χ1n) is 25.7. The molecule has 0 aromatic rings. The van der Waals surface area contributed by atoms with E-state index < -0.39 is 6.10 Å². The molecule has 0 heterocycles. The van der Waals surface area contributed by atoms with Gasteiger partial charge in [-0.2, -0.15) is 0 Å². The summed E-state index contributed by atoms with van der Waals surface area (Å²) in [5, 5.41) is 0. The second-order valence-electron chi connectivity index (χ2n) is 17.4. The molecule has 0 N–H and O–H groups in total. The van der Waals surface area contributed by atoms with Crippen molar-refractivity contribution >= 4 is 17.9 Å². The van der Waals surface area contributed by atoms with Crippen LogP contribution in [0.4, 0.5) is 0 Å². The van der Waals surface area contributed by atoms with Crippen LogP contribution in [-0.4, -0.2) is 37.2 Å². The molecule has 0 aliphatic carbocycles. The van der Waals surface area contributed by atoms with E-state index in [1.807, 2.05) is 0 Å². The van der Waals surface area contributed by atoms with Crippen molar-refractivity contribution in [2.24, 2.45) is 0 Å². The average molecular weight is 819 g/mol. The SMILES string of the molecule is CCCCCCCC/C=C\CCCCCCCCCC(=O)OCC(COC(=O)CCCCCCCCCCCC)OC(=O)CCCCCCCCCCCCCCC. The van der Waals surface area contributed by atoms with Gasteiger partial charge < -0.3 is 14.2 Å². The summed E-state index contributed by atoms with van der Waals surface area (Å²) >= 11 is 0. The standard InChI is InChI=1S/C52H98O6/c1-4-7-10-13-16-19-22-24-25-26-27-29-30-33-36-39-42-45-51(54)57-48-49(47-56-50(53)44-41-38-35-32-21-18-15-12-9-6-3)58-52(55)46-43-40-37-34-31-28-23-20-17-14-11-8-5-2/h24-25,49H,4-23,26-48H2,1-3H3/b25-24-. The zero-order chi connectivity index (χ0) is 42.3. The highest BCUT2D eigenvalue weighted by molar-refractivity contribution is 5.71. The fourth-order valence-corrected chi connectivity index (χ4v) is 7.61. The van der Waals surface area contributed by atoms with E-state index in [1.54, 1.807) is 0 Å². The van der Waals surface area contributed by atoms with Crippen LogP contribution in [0, 0.1) is 0 Å². The minimum absolute atomic E-state index is 0.0663. The summed E-state index contributed by atoms with van der Waals surface area (Å²) in [5.74, 6) is -0.857. The summed E-state index contributed by atoms with van der Waals surface area (Å²) in [5.41, 5.74) is 0.